The minimum absolute atomic E-state index is 0.0290. The van der Waals surface area contributed by atoms with Gasteiger partial charge in [-0.1, -0.05) is 18.2 Å². The van der Waals surface area contributed by atoms with Crippen LogP contribution in [0.5, 0.6) is 11.5 Å². The highest BCUT2D eigenvalue weighted by atomic mass is 16.5. The summed E-state index contributed by atoms with van der Waals surface area (Å²) in [5.41, 5.74) is 3.34. The maximum Gasteiger partial charge on any atom is 0.249 e. The Morgan fingerprint density at radius 1 is 1.15 bits per heavy atom. The van der Waals surface area contributed by atoms with E-state index < -0.39 is 30.1 Å². The van der Waals surface area contributed by atoms with Crippen LogP contribution in [0.1, 0.15) is 22.7 Å². The lowest BCUT2D eigenvalue weighted by Gasteiger charge is -2.40. The zero-order valence-electron chi connectivity index (χ0n) is 23.0. The fourth-order valence-electron chi connectivity index (χ4n) is 5.77. The van der Waals surface area contributed by atoms with Crippen LogP contribution in [0.2, 0.25) is 0 Å². The predicted molar refractivity (Wildman–Crippen MR) is 150 cm³/mol. The number of H-pyrrole nitrogens is 1. The number of benzene rings is 2. The van der Waals surface area contributed by atoms with Gasteiger partial charge in [0.1, 0.15) is 18.8 Å². The molecule has 0 saturated heterocycles. The van der Waals surface area contributed by atoms with Crippen LogP contribution in [-0.2, 0) is 27.4 Å². The van der Waals surface area contributed by atoms with E-state index in [0.29, 0.717) is 29.0 Å². The number of hydrogen-bond acceptors (Lipinski definition) is 8. The summed E-state index contributed by atoms with van der Waals surface area (Å²) >= 11 is 0. The molecule has 1 aliphatic heterocycles. The zero-order chi connectivity index (χ0) is 29.1. The zero-order valence-corrected chi connectivity index (χ0v) is 23.0. The highest BCUT2D eigenvalue weighted by Gasteiger charge is 2.51. The summed E-state index contributed by atoms with van der Waals surface area (Å²) in [6, 6.07) is 12.4. The highest BCUT2D eigenvalue weighted by molar-refractivity contribution is 5.96. The first-order chi connectivity index (χ1) is 19.9. The van der Waals surface area contributed by atoms with Crippen molar-refractivity contribution in [3.05, 3.63) is 70.9 Å². The fraction of sp³-hybridized carbons (Fsp3) is 0.400. The number of carbonyl (C=O) groups excluding carboxylic acids is 2. The normalized spacial score (nSPS) is 21.0. The first-order valence-electron chi connectivity index (χ1n) is 13.5. The summed E-state index contributed by atoms with van der Waals surface area (Å²) in [4.78, 5) is 31.7. The van der Waals surface area contributed by atoms with Crippen LogP contribution >= 0.6 is 0 Å². The Kier molecular flexibility index (Phi) is 8.60. The van der Waals surface area contributed by atoms with Gasteiger partial charge < -0.3 is 44.7 Å². The van der Waals surface area contributed by atoms with Gasteiger partial charge in [0.2, 0.25) is 11.8 Å². The molecule has 0 radical (unpaired) electrons. The lowest BCUT2D eigenvalue weighted by molar-refractivity contribution is -0.141. The molecule has 2 heterocycles. The van der Waals surface area contributed by atoms with Crippen LogP contribution in [0.25, 0.3) is 10.9 Å². The molecule has 0 spiro atoms. The van der Waals surface area contributed by atoms with E-state index in [0.717, 1.165) is 16.6 Å². The molecule has 0 fully saturated rings. The van der Waals surface area contributed by atoms with Gasteiger partial charge in [0.15, 0.2) is 11.5 Å². The lowest BCUT2D eigenvalue weighted by Crippen LogP contribution is -2.56. The number of aromatic amines is 1. The Balaban J connectivity index is 1.53. The summed E-state index contributed by atoms with van der Waals surface area (Å²) in [5.74, 6) is -0.763. The van der Waals surface area contributed by atoms with Crippen molar-refractivity contribution in [2.75, 3.05) is 40.5 Å². The molecule has 2 aliphatic rings. The van der Waals surface area contributed by atoms with Crippen molar-refractivity contribution in [3.63, 3.8) is 0 Å². The molecule has 1 aliphatic carbocycles. The number of carbonyl (C=O) groups is 2. The van der Waals surface area contributed by atoms with Crippen molar-refractivity contribution in [2.45, 2.75) is 37.2 Å². The van der Waals surface area contributed by atoms with Gasteiger partial charge in [-0.25, -0.2) is 0 Å². The number of aromatic nitrogens is 1. The Bertz CT molecular complexity index is 1420. The van der Waals surface area contributed by atoms with Crippen LogP contribution in [0, 0.1) is 0 Å². The molecular weight excluding hydrogens is 530 g/mol. The van der Waals surface area contributed by atoms with Crippen LogP contribution < -0.4 is 14.8 Å². The van der Waals surface area contributed by atoms with Gasteiger partial charge in [-0.3, -0.25) is 9.59 Å². The number of hydrogen-bond donors (Lipinski definition) is 5. The van der Waals surface area contributed by atoms with E-state index in [1.807, 2.05) is 30.3 Å². The Labute approximate surface area is 237 Å². The second-order valence-corrected chi connectivity index (χ2v) is 10.2. The number of para-hydroxylation sites is 1. The molecule has 5 rings (SSSR count). The molecule has 3 aromatic rings. The summed E-state index contributed by atoms with van der Waals surface area (Å²) in [5, 5.41) is 34.6. The Morgan fingerprint density at radius 2 is 1.95 bits per heavy atom. The Hall–Kier alpha value is -3.90. The third-order valence-electron chi connectivity index (χ3n) is 7.65. The molecule has 41 heavy (non-hydrogen) atoms. The quantitative estimate of drug-likeness (QED) is 0.231. The molecule has 0 bridgehead atoms. The number of aliphatic hydroxyl groups excluding tert-OH is 3. The van der Waals surface area contributed by atoms with Gasteiger partial charge in [-0.15, -0.1) is 0 Å². The summed E-state index contributed by atoms with van der Waals surface area (Å²) in [6.45, 7) is -0.451. The molecular formula is C30H35N3O8. The van der Waals surface area contributed by atoms with Gasteiger partial charge >= 0.3 is 0 Å². The van der Waals surface area contributed by atoms with E-state index in [2.05, 4.69) is 10.3 Å². The van der Waals surface area contributed by atoms with Gasteiger partial charge in [0.25, 0.3) is 0 Å². The van der Waals surface area contributed by atoms with Crippen LogP contribution in [-0.4, -0.2) is 95.8 Å². The van der Waals surface area contributed by atoms with Crippen LogP contribution in [0.15, 0.2) is 54.1 Å². The van der Waals surface area contributed by atoms with E-state index in [4.69, 9.17) is 14.2 Å². The van der Waals surface area contributed by atoms with Crippen molar-refractivity contribution >= 4 is 22.7 Å². The van der Waals surface area contributed by atoms with Crippen molar-refractivity contribution < 1.29 is 39.1 Å². The maximum atomic E-state index is 13.4. The monoisotopic (exact) mass is 565 g/mol. The van der Waals surface area contributed by atoms with Crippen molar-refractivity contribution in [1.29, 1.82) is 0 Å². The molecule has 2 amide bonds. The standard InChI is InChI=1S/C30H35N3O8/c1-39-16-25(36)33(9-7-19-13-18-5-3-4-6-22(18)32-19)23-14-21(30(38)31-8-10-34)26-20-11-17(15-35)12-24(40-2)28(20)41-29(26)27(23)37/h3-6,11-14,23,26-27,29,32,34-35,37H,7-10,15-16H2,1-2H3,(H,31,38). The maximum absolute atomic E-state index is 13.4. The molecule has 11 heteroatoms. The average molecular weight is 566 g/mol. The smallest absolute Gasteiger partial charge is 0.249 e. The molecule has 0 saturated carbocycles. The third kappa shape index (κ3) is 5.53. The minimum Gasteiger partial charge on any atom is -0.493 e. The first kappa shape index (κ1) is 28.6. The number of ether oxygens (including phenoxy) is 3. The van der Waals surface area contributed by atoms with Gasteiger partial charge in [0, 0.05) is 49.0 Å². The van der Waals surface area contributed by atoms with Gasteiger partial charge in [0.05, 0.1) is 32.3 Å². The number of rotatable bonds is 11. The van der Waals surface area contributed by atoms with Crippen molar-refractivity contribution in [1.82, 2.24) is 15.2 Å². The van der Waals surface area contributed by atoms with Gasteiger partial charge in [-0.05, 0) is 41.3 Å². The summed E-state index contributed by atoms with van der Waals surface area (Å²) in [7, 11) is 2.90. The molecule has 2 aromatic carbocycles. The van der Waals surface area contributed by atoms with Crippen LogP contribution in [0.3, 0.4) is 0 Å². The second kappa shape index (κ2) is 12.3. The SMILES string of the molecule is COCC(=O)N(CCc1cc2ccccc2[nH]1)C1C=C(C(=O)NCCO)C2c3cc(CO)cc(OC)c3OC2C1O. The summed E-state index contributed by atoms with van der Waals surface area (Å²) < 4.78 is 16.9. The predicted octanol–water partition coefficient (Wildman–Crippen LogP) is 1.01. The number of nitrogens with one attached hydrogen (secondary N) is 2. The van der Waals surface area contributed by atoms with Crippen LogP contribution in [0.4, 0.5) is 0 Å². The molecule has 11 nitrogen and oxygen atoms in total. The molecule has 4 atom stereocenters. The number of aliphatic hydroxyl groups is 3. The average Bonchev–Trinajstić information content (AvgIpc) is 3.58. The number of amides is 2. The molecule has 5 N–H and O–H groups in total. The highest BCUT2D eigenvalue weighted by Crippen LogP contribution is 2.51. The van der Waals surface area contributed by atoms with E-state index in [1.165, 1.54) is 19.1 Å². The molecule has 218 valence electrons. The number of nitrogens with zero attached hydrogens (tertiary/aromatic N) is 1. The molecule has 4 unspecified atom stereocenters. The lowest BCUT2D eigenvalue weighted by atomic mass is 9.77. The van der Waals surface area contributed by atoms with E-state index in [9.17, 15) is 24.9 Å². The largest absolute Gasteiger partial charge is 0.493 e. The minimum atomic E-state index is -1.20. The van der Waals surface area contributed by atoms with Gasteiger partial charge in [-0.2, -0.15) is 0 Å². The molecule has 1 aromatic heterocycles. The van der Waals surface area contributed by atoms with Crippen molar-refractivity contribution in [2.24, 2.45) is 0 Å². The summed E-state index contributed by atoms with van der Waals surface area (Å²) in [6.07, 6.45) is -0.0412. The number of methoxy groups -OCH3 is 2. The topological polar surface area (TPSA) is 154 Å². The number of fused-ring (bicyclic) bond motifs is 4. The Morgan fingerprint density at radius 3 is 2.66 bits per heavy atom. The first-order valence-corrected chi connectivity index (χ1v) is 13.5. The van der Waals surface area contributed by atoms with E-state index in [-0.39, 0.29) is 44.4 Å². The van der Waals surface area contributed by atoms with E-state index in [1.54, 1.807) is 18.2 Å². The third-order valence-corrected chi connectivity index (χ3v) is 7.65. The second-order valence-electron chi connectivity index (χ2n) is 10.2. The van der Waals surface area contributed by atoms with Crippen molar-refractivity contribution in [3.8, 4) is 11.5 Å². The van der Waals surface area contributed by atoms with E-state index >= 15 is 0 Å². The fourth-order valence-corrected chi connectivity index (χ4v) is 5.77.